The maximum absolute atomic E-state index is 2.37. The third-order valence-corrected chi connectivity index (χ3v) is 15.2. The SMILES string of the molecule is Cc1cccc(N(c2ccccc2)c2ccc(-c3ccc(N(c4ccc(-c5ccc(-n6c7ccccc7c7ccccc76)cc5)cc4)c4ccc(-c5ccc(-n6c7ccccc7c7ccccc76)cc5)cc4)cc3)cc2)c1. The van der Waals surface area contributed by atoms with Crippen molar-refractivity contribution >= 4 is 77.7 Å². The fourth-order valence-electron chi connectivity index (χ4n) is 11.5. The van der Waals surface area contributed by atoms with Crippen molar-refractivity contribution in [3.8, 4) is 44.8 Å². The lowest BCUT2D eigenvalue weighted by Crippen LogP contribution is -2.10. The summed E-state index contributed by atoms with van der Waals surface area (Å²) in [4.78, 5) is 4.68. The van der Waals surface area contributed by atoms with Crippen LogP contribution in [0.3, 0.4) is 0 Å². The van der Waals surface area contributed by atoms with Gasteiger partial charge in [0, 0.05) is 67.0 Å². The predicted octanol–water partition coefficient (Wildman–Crippen LogP) is 20.1. The van der Waals surface area contributed by atoms with Crippen molar-refractivity contribution in [1.82, 2.24) is 9.13 Å². The summed E-state index contributed by atoms with van der Waals surface area (Å²) in [6.07, 6.45) is 0. The van der Waals surface area contributed by atoms with Gasteiger partial charge < -0.3 is 18.9 Å². The maximum Gasteiger partial charge on any atom is 0.0541 e. The highest BCUT2D eigenvalue weighted by molar-refractivity contribution is 6.10. The minimum absolute atomic E-state index is 1.08. The van der Waals surface area contributed by atoms with E-state index in [-0.39, 0.29) is 0 Å². The molecule has 0 aliphatic heterocycles. The minimum atomic E-state index is 1.08. The number of hydrogen-bond donors (Lipinski definition) is 0. The molecule has 0 atom stereocenters. The molecule has 2 heterocycles. The molecule has 0 saturated heterocycles. The standard InChI is InChI=1S/C73H52N4/c1-51-14-13-17-65(50-51)75(58-15-3-2-4-16-58)62-44-32-55(33-45-62)52-26-38-59(39-27-52)74(60-40-28-53(29-41-60)56-34-46-63(47-35-56)76-70-22-9-5-18-66(70)67-19-6-10-23-71(67)76)61-42-30-54(31-43-61)57-36-48-64(49-37-57)77-72-24-11-7-20-68(72)69-21-8-12-25-73(69)77/h2-50H,1H3. The summed E-state index contributed by atoms with van der Waals surface area (Å²) in [6, 6.07) is 108. The molecule has 4 nitrogen and oxygen atoms in total. The quantitative estimate of drug-likeness (QED) is 0.128. The molecule has 0 fully saturated rings. The van der Waals surface area contributed by atoms with Crippen LogP contribution in [-0.4, -0.2) is 9.13 Å². The van der Waals surface area contributed by atoms with Gasteiger partial charge >= 0.3 is 0 Å². The van der Waals surface area contributed by atoms with E-state index in [1.54, 1.807) is 0 Å². The fourth-order valence-corrected chi connectivity index (χ4v) is 11.5. The van der Waals surface area contributed by atoms with Crippen LogP contribution in [0, 0.1) is 6.92 Å². The monoisotopic (exact) mass is 984 g/mol. The summed E-state index contributed by atoms with van der Waals surface area (Å²) in [6.45, 7) is 2.14. The first-order valence-electron chi connectivity index (χ1n) is 26.4. The summed E-state index contributed by atoms with van der Waals surface area (Å²) in [7, 11) is 0. The predicted molar refractivity (Wildman–Crippen MR) is 326 cm³/mol. The fraction of sp³-hybridized carbons (Fsp3) is 0.0137. The lowest BCUT2D eigenvalue weighted by atomic mass is 10.0. The Labute approximate surface area is 448 Å². The Kier molecular flexibility index (Phi) is 11.4. The van der Waals surface area contributed by atoms with Gasteiger partial charge in [0.1, 0.15) is 0 Å². The molecule has 4 heteroatoms. The average molecular weight is 985 g/mol. The molecular weight excluding hydrogens is 933 g/mol. The molecule has 0 aliphatic carbocycles. The molecule has 77 heavy (non-hydrogen) atoms. The van der Waals surface area contributed by atoms with Crippen LogP contribution in [0.25, 0.3) is 88.4 Å². The second-order valence-corrected chi connectivity index (χ2v) is 19.9. The molecule has 0 unspecified atom stereocenters. The van der Waals surface area contributed by atoms with E-state index in [0.29, 0.717) is 0 Å². The molecule has 0 N–H and O–H groups in total. The second-order valence-electron chi connectivity index (χ2n) is 19.9. The Morgan fingerprint density at radius 3 is 0.805 bits per heavy atom. The molecule has 14 rings (SSSR count). The number of aryl methyl sites for hydroxylation is 1. The largest absolute Gasteiger partial charge is 0.311 e. The molecule has 364 valence electrons. The topological polar surface area (TPSA) is 16.3 Å². The molecule has 0 spiro atoms. The van der Waals surface area contributed by atoms with Crippen LogP contribution in [-0.2, 0) is 0 Å². The normalized spacial score (nSPS) is 11.4. The number of aromatic nitrogens is 2. The van der Waals surface area contributed by atoms with Crippen molar-refractivity contribution in [3.05, 3.63) is 303 Å². The van der Waals surface area contributed by atoms with Crippen molar-refractivity contribution in [1.29, 1.82) is 0 Å². The maximum atomic E-state index is 2.37. The van der Waals surface area contributed by atoms with Gasteiger partial charge in [-0.15, -0.1) is 0 Å². The van der Waals surface area contributed by atoms with Gasteiger partial charge in [-0.05, 0) is 167 Å². The van der Waals surface area contributed by atoms with Gasteiger partial charge in [-0.3, -0.25) is 0 Å². The molecule has 0 aliphatic rings. The van der Waals surface area contributed by atoms with Crippen LogP contribution >= 0.6 is 0 Å². The first kappa shape index (κ1) is 45.5. The molecule has 0 bridgehead atoms. The Balaban J connectivity index is 0.783. The zero-order valence-corrected chi connectivity index (χ0v) is 42.6. The van der Waals surface area contributed by atoms with Crippen LogP contribution in [0.5, 0.6) is 0 Å². The van der Waals surface area contributed by atoms with Crippen LogP contribution in [0.4, 0.5) is 34.1 Å². The summed E-state index contributed by atoms with van der Waals surface area (Å²) in [5.41, 5.74) is 21.9. The summed E-state index contributed by atoms with van der Waals surface area (Å²) >= 11 is 0. The van der Waals surface area contributed by atoms with Crippen LogP contribution in [0.1, 0.15) is 5.56 Å². The highest BCUT2D eigenvalue weighted by Crippen LogP contribution is 2.41. The van der Waals surface area contributed by atoms with Crippen molar-refractivity contribution in [2.45, 2.75) is 6.92 Å². The Morgan fingerprint density at radius 2 is 0.481 bits per heavy atom. The number of anilines is 6. The molecule has 14 aromatic rings. The van der Waals surface area contributed by atoms with Gasteiger partial charge in [0.05, 0.1) is 22.1 Å². The van der Waals surface area contributed by atoms with E-state index in [1.165, 1.54) is 60.3 Å². The van der Waals surface area contributed by atoms with Crippen LogP contribution < -0.4 is 9.80 Å². The molecular formula is C73H52N4. The van der Waals surface area contributed by atoms with E-state index >= 15 is 0 Å². The van der Waals surface area contributed by atoms with E-state index in [9.17, 15) is 0 Å². The lowest BCUT2D eigenvalue weighted by molar-refractivity contribution is 1.18. The third-order valence-electron chi connectivity index (χ3n) is 15.2. The minimum Gasteiger partial charge on any atom is -0.311 e. The van der Waals surface area contributed by atoms with Crippen molar-refractivity contribution in [2.75, 3.05) is 9.80 Å². The van der Waals surface area contributed by atoms with Gasteiger partial charge in [-0.2, -0.15) is 0 Å². The molecule has 2 aromatic heterocycles. The van der Waals surface area contributed by atoms with Gasteiger partial charge in [-0.25, -0.2) is 0 Å². The molecule has 0 amide bonds. The highest BCUT2D eigenvalue weighted by Gasteiger charge is 2.18. The summed E-state index contributed by atoms with van der Waals surface area (Å²) in [5.74, 6) is 0. The average Bonchev–Trinajstić information content (AvgIpc) is 4.02. The van der Waals surface area contributed by atoms with Gasteiger partial charge in [-0.1, -0.05) is 176 Å². The van der Waals surface area contributed by atoms with Crippen molar-refractivity contribution < 1.29 is 0 Å². The third kappa shape index (κ3) is 8.30. The Morgan fingerprint density at radius 1 is 0.221 bits per heavy atom. The molecule has 12 aromatic carbocycles. The van der Waals surface area contributed by atoms with E-state index < -0.39 is 0 Å². The number of nitrogens with zero attached hydrogens (tertiary/aromatic N) is 4. The lowest BCUT2D eigenvalue weighted by Gasteiger charge is -2.26. The van der Waals surface area contributed by atoms with Crippen LogP contribution in [0.15, 0.2) is 297 Å². The number of benzene rings is 12. The second kappa shape index (κ2) is 19.3. The van der Waals surface area contributed by atoms with E-state index in [2.05, 4.69) is 323 Å². The highest BCUT2D eigenvalue weighted by atomic mass is 15.1. The van der Waals surface area contributed by atoms with E-state index in [4.69, 9.17) is 0 Å². The first-order chi connectivity index (χ1) is 38.1. The van der Waals surface area contributed by atoms with E-state index in [1.807, 2.05) is 0 Å². The first-order valence-corrected chi connectivity index (χ1v) is 26.4. The van der Waals surface area contributed by atoms with Gasteiger partial charge in [0.2, 0.25) is 0 Å². The zero-order valence-electron chi connectivity index (χ0n) is 42.6. The van der Waals surface area contributed by atoms with Crippen molar-refractivity contribution in [2.24, 2.45) is 0 Å². The smallest absolute Gasteiger partial charge is 0.0541 e. The molecule has 0 radical (unpaired) electrons. The van der Waals surface area contributed by atoms with E-state index in [0.717, 1.165) is 67.8 Å². The zero-order chi connectivity index (χ0) is 51.2. The number of para-hydroxylation sites is 5. The summed E-state index contributed by atoms with van der Waals surface area (Å²) in [5, 5.41) is 5.06. The Bertz CT molecular complexity index is 4090. The summed E-state index contributed by atoms with van der Waals surface area (Å²) < 4.78 is 4.74. The number of fused-ring (bicyclic) bond motifs is 6. The van der Waals surface area contributed by atoms with Gasteiger partial charge in [0.25, 0.3) is 0 Å². The van der Waals surface area contributed by atoms with Gasteiger partial charge in [0.15, 0.2) is 0 Å². The van der Waals surface area contributed by atoms with Crippen molar-refractivity contribution in [3.63, 3.8) is 0 Å². The Hall–Kier alpha value is -10.2. The molecule has 0 saturated carbocycles. The number of rotatable bonds is 11. The van der Waals surface area contributed by atoms with Crippen LogP contribution in [0.2, 0.25) is 0 Å². The number of hydrogen-bond acceptors (Lipinski definition) is 2.